The Labute approximate surface area is 191 Å². The second-order valence-electron chi connectivity index (χ2n) is 2.90. The zero-order valence-corrected chi connectivity index (χ0v) is 16.8. The molecule has 0 saturated heterocycles. The molecule has 0 amide bonds. The molecule has 10 heteroatoms. The van der Waals surface area contributed by atoms with E-state index in [0.717, 1.165) is 11.3 Å². The van der Waals surface area contributed by atoms with Crippen LogP contribution in [-0.4, -0.2) is 13.2 Å². The Balaban J connectivity index is -0.0000000453. The Morgan fingerprint density at radius 2 is 1.28 bits per heavy atom. The van der Waals surface area contributed by atoms with E-state index in [2.05, 4.69) is 52.4 Å². The minimum Gasteiger partial charge on any atom is 0 e. The van der Waals surface area contributed by atoms with Gasteiger partial charge in [0.25, 0.3) is 0 Å². The number of rotatable bonds is 6. The van der Waals surface area contributed by atoms with E-state index < -0.39 is 0 Å². The summed E-state index contributed by atoms with van der Waals surface area (Å²) in [4.78, 5) is 0. The molecule has 2 radical (unpaired) electrons. The van der Waals surface area contributed by atoms with Crippen LogP contribution in [0.25, 0.3) is 0 Å². The Morgan fingerprint density at radius 3 is 1.66 bits per heavy atom. The number of hydrogen-bond acceptors (Lipinski definition) is 2. The Bertz CT molecular complexity index is 549. The molecular weight excluding hydrogens is 474 g/mol. The van der Waals surface area contributed by atoms with Crippen LogP contribution < -0.4 is 4.74 Å². The van der Waals surface area contributed by atoms with Crippen molar-refractivity contribution in [2.45, 2.75) is 6.61 Å². The molecular formula is C19H14Co2O8. The SMILES string of the molecule is C#CCOCc1ccccc1OCC=C.[C-]#[O+].[C-]#[O+].[C-]#[O+].[C-]#[O+].[C-]#[O+].[C-]#[O+].[Co].[Co]. The predicted octanol–water partition coefficient (Wildman–Crippen LogP) is 2.17. The van der Waals surface area contributed by atoms with Crippen LogP contribution in [0.15, 0.2) is 36.9 Å². The first kappa shape index (κ1) is 50.4. The third kappa shape index (κ3) is 46.1. The first-order valence-corrected chi connectivity index (χ1v) is 5.93. The van der Waals surface area contributed by atoms with Crippen molar-refractivity contribution in [3.63, 3.8) is 0 Å². The molecule has 0 fully saturated rings. The van der Waals surface area contributed by atoms with Crippen LogP contribution in [0.4, 0.5) is 0 Å². The first-order valence-electron chi connectivity index (χ1n) is 5.93. The van der Waals surface area contributed by atoms with Crippen molar-refractivity contribution in [3.05, 3.63) is 82.4 Å². The number of terminal acetylenes is 1. The van der Waals surface area contributed by atoms with E-state index in [9.17, 15) is 0 Å². The van der Waals surface area contributed by atoms with Gasteiger partial charge in [-0.25, -0.2) is 0 Å². The summed E-state index contributed by atoms with van der Waals surface area (Å²) in [6.07, 6.45) is 6.80. The smallest absolute Gasteiger partial charge is 0 e. The van der Waals surface area contributed by atoms with Gasteiger partial charge in [0.15, 0.2) is 0 Å². The topological polar surface area (TPSA) is 138 Å². The average molecular weight is 488 g/mol. The largest absolute Gasteiger partial charge is 0 e. The van der Waals surface area contributed by atoms with Crippen molar-refractivity contribution in [1.82, 2.24) is 0 Å². The molecule has 0 bridgehead atoms. The van der Waals surface area contributed by atoms with Crippen molar-refractivity contribution in [2.75, 3.05) is 13.2 Å². The van der Waals surface area contributed by atoms with Gasteiger partial charge in [0.05, 0.1) is 6.61 Å². The van der Waals surface area contributed by atoms with E-state index in [-0.39, 0.29) is 33.6 Å². The minimum atomic E-state index is 0. The van der Waals surface area contributed by atoms with Crippen molar-refractivity contribution in [1.29, 1.82) is 0 Å². The standard InChI is InChI=1S/C13H14O2.6CO.2Co/c1-3-9-14-11-12-7-5-6-8-13(12)15-10-4-2;6*1-2;;/h1,4-8H,2,9-11H2;;;;;;;;. The molecule has 29 heavy (non-hydrogen) atoms. The number of para-hydroxylation sites is 1. The summed E-state index contributed by atoms with van der Waals surface area (Å²) < 4.78 is 55.7. The molecule has 0 aromatic heterocycles. The Morgan fingerprint density at radius 1 is 0.862 bits per heavy atom. The fraction of sp³-hybridized carbons (Fsp3) is 0.158. The van der Waals surface area contributed by atoms with Crippen molar-refractivity contribution < 1.29 is 70.9 Å². The molecule has 0 unspecified atom stereocenters. The van der Waals surface area contributed by atoms with Crippen molar-refractivity contribution in [2.24, 2.45) is 0 Å². The number of benzene rings is 1. The second kappa shape index (κ2) is 72.5. The van der Waals surface area contributed by atoms with E-state index in [1.807, 2.05) is 24.3 Å². The summed E-state index contributed by atoms with van der Waals surface area (Å²) >= 11 is 0. The van der Waals surface area contributed by atoms with Gasteiger partial charge in [-0.2, -0.15) is 0 Å². The molecule has 1 rings (SSSR count). The fourth-order valence-electron chi connectivity index (χ4n) is 1.13. The van der Waals surface area contributed by atoms with Gasteiger partial charge in [-0.3, -0.25) is 0 Å². The van der Waals surface area contributed by atoms with E-state index in [1.54, 1.807) is 6.08 Å². The van der Waals surface area contributed by atoms with Crippen LogP contribution in [0.5, 0.6) is 5.75 Å². The zero-order valence-electron chi connectivity index (χ0n) is 14.7. The van der Waals surface area contributed by atoms with Crippen LogP contribution >= 0.6 is 0 Å². The van der Waals surface area contributed by atoms with E-state index in [1.165, 1.54) is 0 Å². The van der Waals surface area contributed by atoms with Crippen LogP contribution in [0.3, 0.4) is 0 Å². The summed E-state index contributed by atoms with van der Waals surface area (Å²) in [5, 5.41) is 0. The van der Waals surface area contributed by atoms with E-state index >= 15 is 0 Å². The summed E-state index contributed by atoms with van der Waals surface area (Å²) in [6.45, 7) is 31.9. The monoisotopic (exact) mass is 488 g/mol. The van der Waals surface area contributed by atoms with Crippen LogP contribution in [-0.2, 0) is 72.8 Å². The number of hydrogen-bond donors (Lipinski definition) is 0. The molecule has 0 N–H and O–H groups in total. The minimum absolute atomic E-state index is 0. The van der Waals surface area contributed by atoms with Gasteiger partial charge in [-0.15, -0.1) is 6.42 Å². The summed E-state index contributed by atoms with van der Waals surface area (Å²) in [5.41, 5.74) is 0.995. The molecule has 8 nitrogen and oxygen atoms in total. The maximum absolute atomic E-state index is 7.50. The van der Waals surface area contributed by atoms with Gasteiger partial charge < -0.3 is 9.47 Å². The molecule has 156 valence electrons. The molecule has 0 spiro atoms. The van der Waals surface area contributed by atoms with E-state index in [4.69, 9.17) is 43.8 Å². The van der Waals surface area contributed by atoms with Crippen molar-refractivity contribution in [3.8, 4) is 18.1 Å². The van der Waals surface area contributed by atoms with Crippen LogP contribution in [0.2, 0.25) is 0 Å². The first-order chi connectivity index (χ1) is 13.4. The maximum Gasteiger partial charge on any atom is 0 e. The van der Waals surface area contributed by atoms with Gasteiger partial charge in [0, 0.05) is 39.1 Å². The van der Waals surface area contributed by atoms with Crippen LogP contribution in [0.1, 0.15) is 5.56 Å². The Kier molecular flexibility index (Phi) is 126. The van der Waals surface area contributed by atoms with Gasteiger partial charge in [-0.1, -0.05) is 36.8 Å². The zero-order chi connectivity index (χ0) is 22.9. The predicted molar refractivity (Wildman–Crippen MR) is 84.2 cm³/mol. The van der Waals surface area contributed by atoms with Gasteiger partial charge >= 0.3 is 67.8 Å². The maximum atomic E-state index is 7.50. The molecule has 0 atom stereocenters. The molecule has 0 aliphatic rings. The van der Waals surface area contributed by atoms with Gasteiger partial charge in [0.2, 0.25) is 0 Å². The third-order valence-corrected chi connectivity index (χ3v) is 1.77. The summed E-state index contributed by atoms with van der Waals surface area (Å²) in [5.74, 6) is 3.24. The number of ether oxygens (including phenoxy) is 2. The van der Waals surface area contributed by atoms with Gasteiger partial charge in [0.1, 0.15) is 19.0 Å². The fourth-order valence-corrected chi connectivity index (χ4v) is 1.13. The molecule has 0 saturated carbocycles. The molecule has 0 aliphatic heterocycles. The molecule has 0 heterocycles. The molecule has 1 aromatic carbocycles. The molecule has 1 aromatic rings. The quantitative estimate of drug-likeness (QED) is 0.199. The van der Waals surface area contributed by atoms with Crippen LogP contribution in [0, 0.1) is 52.2 Å². The summed E-state index contributed by atoms with van der Waals surface area (Å²) in [7, 11) is 0. The van der Waals surface area contributed by atoms with Crippen molar-refractivity contribution >= 4 is 0 Å². The van der Waals surface area contributed by atoms with E-state index in [0.29, 0.717) is 19.8 Å². The third-order valence-electron chi connectivity index (χ3n) is 1.77. The summed E-state index contributed by atoms with van der Waals surface area (Å²) in [6, 6.07) is 7.71. The second-order valence-corrected chi connectivity index (χ2v) is 2.90. The van der Waals surface area contributed by atoms with Gasteiger partial charge in [-0.05, 0) is 6.07 Å². The normalized spacial score (nSPS) is 5.21. The Hall–Kier alpha value is -2.27. The average Bonchev–Trinajstić information content (AvgIpc) is 2.81. The molecule has 0 aliphatic carbocycles.